The molecule has 0 aliphatic heterocycles. The van der Waals surface area contributed by atoms with E-state index in [1.807, 2.05) is 18.2 Å². The van der Waals surface area contributed by atoms with Crippen molar-refractivity contribution in [1.82, 2.24) is 0 Å². The number of carbonyl (C=O) groups is 1. The van der Waals surface area contributed by atoms with Crippen LogP contribution in [-0.2, 0) is 11.2 Å². The SMILES string of the molecule is O=C([OH2+])CCCCc1ccccc1. The minimum absolute atomic E-state index is 0.396. The Morgan fingerprint density at radius 3 is 2.46 bits per heavy atom. The molecule has 0 radical (unpaired) electrons. The highest BCUT2D eigenvalue weighted by Crippen LogP contribution is 2.05. The van der Waals surface area contributed by atoms with Gasteiger partial charge in [0.05, 0.1) is 0 Å². The first kappa shape index (κ1) is 9.78. The zero-order chi connectivity index (χ0) is 9.52. The van der Waals surface area contributed by atoms with Crippen LogP contribution in [-0.4, -0.2) is 11.1 Å². The monoisotopic (exact) mass is 179 g/mol. The van der Waals surface area contributed by atoms with Gasteiger partial charge >= 0.3 is 5.97 Å². The van der Waals surface area contributed by atoms with Crippen LogP contribution in [0.25, 0.3) is 0 Å². The van der Waals surface area contributed by atoms with Crippen LogP contribution in [0.4, 0.5) is 0 Å². The molecule has 0 saturated carbocycles. The van der Waals surface area contributed by atoms with E-state index in [-0.39, 0.29) is 0 Å². The van der Waals surface area contributed by atoms with Crippen LogP contribution < -0.4 is 0 Å². The fraction of sp³-hybridized carbons (Fsp3) is 0.364. The zero-order valence-electron chi connectivity index (χ0n) is 7.62. The van der Waals surface area contributed by atoms with E-state index in [4.69, 9.17) is 5.11 Å². The molecule has 0 aliphatic carbocycles. The average Bonchev–Trinajstić information content (AvgIpc) is 2.14. The van der Waals surface area contributed by atoms with Gasteiger partial charge in [0.15, 0.2) is 0 Å². The van der Waals surface area contributed by atoms with Gasteiger partial charge in [0.25, 0.3) is 0 Å². The smallest absolute Gasteiger partial charge is 0.515 e. The van der Waals surface area contributed by atoms with E-state index in [2.05, 4.69) is 12.1 Å². The molecule has 2 nitrogen and oxygen atoms in total. The molecular formula is C11H15O2+. The number of carbonyl (C=O) groups excluding carboxylic acids is 1. The van der Waals surface area contributed by atoms with E-state index in [0.717, 1.165) is 19.3 Å². The maximum atomic E-state index is 10.3. The van der Waals surface area contributed by atoms with Crippen molar-refractivity contribution in [3.05, 3.63) is 35.9 Å². The molecule has 0 aliphatic rings. The Balaban J connectivity index is 2.17. The lowest BCUT2D eigenvalue weighted by Gasteiger charge is -1.97. The van der Waals surface area contributed by atoms with Crippen LogP contribution in [0.2, 0.25) is 0 Å². The molecule has 0 aromatic heterocycles. The fourth-order valence-corrected chi connectivity index (χ4v) is 1.26. The van der Waals surface area contributed by atoms with Gasteiger partial charge in [0.1, 0.15) is 6.42 Å². The Kier molecular flexibility index (Phi) is 4.03. The molecule has 0 unspecified atom stereocenters. The van der Waals surface area contributed by atoms with Gasteiger partial charge in [-0.2, -0.15) is 0 Å². The lowest BCUT2D eigenvalue weighted by Crippen LogP contribution is -1.94. The summed E-state index contributed by atoms with van der Waals surface area (Å²) in [5, 5.41) is 6.72. The van der Waals surface area contributed by atoms with Crippen LogP contribution >= 0.6 is 0 Å². The Morgan fingerprint density at radius 2 is 1.85 bits per heavy atom. The molecule has 1 rings (SSSR count). The molecule has 0 amide bonds. The summed E-state index contributed by atoms with van der Waals surface area (Å²) in [5.74, 6) is -0.451. The molecule has 2 heteroatoms. The zero-order valence-corrected chi connectivity index (χ0v) is 7.62. The van der Waals surface area contributed by atoms with Crippen molar-refractivity contribution in [3.8, 4) is 0 Å². The molecule has 0 atom stereocenters. The van der Waals surface area contributed by atoms with Crippen molar-refractivity contribution in [1.29, 1.82) is 0 Å². The maximum absolute atomic E-state index is 10.3. The molecule has 0 spiro atoms. The van der Waals surface area contributed by atoms with Gasteiger partial charge in [-0.15, -0.1) is 0 Å². The molecule has 0 fully saturated rings. The average molecular weight is 179 g/mol. The molecule has 0 bridgehead atoms. The summed E-state index contributed by atoms with van der Waals surface area (Å²) in [4.78, 5) is 10.3. The number of benzene rings is 1. The molecule has 13 heavy (non-hydrogen) atoms. The number of hydrogen-bond donors (Lipinski definition) is 0. The minimum atomic E-state index is -0.451. The van der Waals surface area contributed by atoms with Gasteiger partial charge in [0, 0.05) is 4.79 Å². The third-order valence-electron chi connectivity index (χ3n) is 1.96. The van der Waals surface area contributed by atoms with Gasteiger partial charge < -0.3 is 5.11 Å². The molecular weight excluding hydrogens is 164 g/mol. The quantitative estimate of drug-likeness (QED) is 0.500. The number of rotatable bonds is 5. The van der Waals surface area contributed by atoms with Gasteiger partial charge in [-0.25, -0.2) is 0 Å². The summed E-state index contributed by atoms with van der Waals surface area (Å²) in [6.07, 6.45) is 3.23. The topological polar surface area (TPSA) is 40.0 Å². The highest BCUT2D eigenvalue weighted by atomic mass is 16.4. The lowest BCUT2D eigenvalue weighted by molar-refractivity contribution is -0.137. The van der Waals surface area contributed by atoms with E-state index in [1.54, 1.807) is 0 Å². The molecule has 1 aromatic carbocycles. The van der Waals surface area contributed by atoms with Gasteiger partial charge in [-0.1, -0.05) is 30.3 Å². The Morgan fingerprint density at radius 1 is 1.15 bits per heavy atom. The summed E-state index contributed by atoms with van der Waals surface area (Å²) < 4.78 is 0. The minimum Gasteiger partial charge on any atom is -0.565 e. The van der Waals surface area contributed by atoms with Crippen LogP contribution in [0.1, 0.15) is 24.8 Å². The van der Waals surface area contributed by atoms with Gasteiger partial charge in [0.2, 0.25) is 0 Å². The number of unbranched alkanes of at least 4 members (excludes halogenated alkanes) is 1. The number of hydrogen-bond acceptors (Lipinski definition) is 1. The second kappa shape index (κ2) is 5.36. The summed E-state index contributed by atoms with van der Waals surface area (Å²) in [5.41, 5.74) is 1.31. The number of aryl methyl sites for hydroxylation is 1. The first-order valence-corrected chi connectivity index (χ1v) is 4.57. The summed E-state index contributed by atoms with van der Waals surface area (Å²) in [6.45, 7) is 0. The van der Waals surface area contributed by atoms with Crippen molar-refractivity contribution >= 4 is 5.97 Å². The second-order valence-corrected chi connectivity index (χ2v) is 3.12. The Hall–Kier alpha value is -1.31. The molecule has 0 heterocycles. The first-order valence-electron chi connectivity index (χ1n) is 4.57. The third kappa shape index (κ3) is 4.31. The highest BCUT2D eigenvalue weighted by Gasteiger charge is 2.03. The molecule has 0 saturated heterocycles. The van der Waals surface area contributed by atoms with Crippen LogP contribution in [0.3, 0.4) is 0 Å². The molecule has 1 aromatic rings. The Bertz CT molecular complexity index is 254. The van der Waals surface area contributed by atoms with Crippen LogP contribution in [0.5, 0.6) is 0 Å². The third-order valence-corrected chi connectivity index (χ3v) is 1.96. The Labute approximate surface area is 78.2 Å². The molecule has 70 valence electrons. The van der Waals surface area contributed by atoms with Gasteiger partial charge in [-0.05, 0) is 24.8 Å². The largest absolute Gasteiger partial charge is 0.565 e. The standard InChI is InChI=1S/C11H14O2/c12-11(13)9-5-4-8-10-6-2-1-3-7-10/h1-3,6-7H,4-5,8-9H2,(H,12,13)/p+1. The van der Waals surface area contributed by atoms with Crippen molar-refractivity contribution < 1.29 is 9.90 Å². The molecule has 2 N–H and O–H groups in total. The fourth-order valence-electron chi connectivity index (χ4n) is 1.26. The summed E-state index contributed by atoms with van der Waals surface area (Å²) in [7, 11) is 0. The van der Waals surface area contributed by atoms with Gasteiger partial charge in [-0.3, -0.25) is 0 Å². The lowest BCUT2D eigenvalue weighted by atomic mass is 10.1. The van der Waals surface area contributed by atoms with E-state index in [0.29, 0.717) is 6.42 Å². The summed E-state index contributed by atoms with van der Waals surface area (Å²) in [6, 6.07) is 10.2. The van der Waals surface area contributed by atoms with Crippen molar-refractivity contribution in [2.45, 2.75) is 25.7 Å². The predicted molar refractivity (Wildman–Crippen MR) is 52.6 cm³/mol. The van der Waals surface area contributed by atoms with Crippen molar-refractivity contribution in [2.24, 2.45) is 0 Å². The maximum Gasteiger partial charge on any atom is 0.515 e. The predicted octanol–water partition coefficient (Wildman–Crippen LogP) is 1.65. The van der Waals surface area contributed by atoms with E-state index < -0.39 is 5.97 Å². The van der Waals surface area contributed by atoms with Crippen LogP contribution in [0, 0.1) is 0 Å². The van der Waals surface area contributed by atoms with Crippen molar-refractivity contribution in [3.63, 3.8) is 0 Å². The highest BCUT2D eigenvalue weighted by molar-refractivity contribution is 5.66. The van der Waals surface area contributed by atoms with E-state index >= 15 is 0 Å². The first-order chi connectivity index (χ1) is 6.29. The normalized spacial score (nSPS) is 9.85. The van der Waals surface area contributed by atoms with Crippen LogP contribution in [0.15, 0.2) is 30.3 Å². The second-order valence-electron chi connectivity index (χ2n) is 3.12. The summed E-state index contributed by atoms with van der Waals surface area (Å²) >= 11 is 0. The van der Waals surface area contributed by atoms with E-state index in [9.17, 15) is 4.79 Å². The van der Waals surface area contributed by atoms with Crippen molar-refractivity contribution in [2.75, 3.05) is 0 Å². The van der Waals surface area contributed by atoms with E-state index in [1.165, 1.54) is 5.56 Å².